The molecule has 0 saturated carbocycles. The molecule has 0 spiro atoms. The molecule has 0 aliphatic rings. The number of alkyl halides is 3. The van der Waals surface area contributed by atoms with E-state index in [1.807, 2.05) is 0 Å². The monoisotopic (exact) mass is 313 g/mol. The molecule has 0 saturated heterocycles. The van der Waals surface area contributed by atoms with Crippen LogP contribution in [0.5, 0.6) is 0 Å². The number of pyridine rings is 1. The summed E-state index contributed by atoms with van der Waals surface area (Å²) in [6, 6.07) is 1.64. The van der Waals surface area contributed by atoms with Gasteiger partial charge in [0.25, 0.3) is 0 Å². The van der Waals surface area contributed by atoms with Crippen LogP contribution in [0.4, 0.5) is 24.7 Å². The van der Waals surface area contributed by atoms with Gasteiger partial charge in [-0.05, 0) is 22.0 Å². The topological polar surface area (TPSA) is 60.2 Å². The minimum Gasteiger partial charge on any atom is -0.397 e. The first-order valence-electron chi connectivity index (χ1n) is 4.68. The standard InChI is InChI=1S/C9H11BrF3N3O/c10-7-3-6(14)4-16-8(7)15-1-2-17-5-9(11,12)13/h3-4H,1-2,5,14H2,(H,15,16). The van der Waals surface area contributed by atoms with Crippen molar-refractivity contribution >= 4 is 27.4 Å². The van der Waals surface area contributed by atoms with Crippen molar-refractivity contribution in [1.82, 2.24) is 4.98 Å². The van der Waals surface area contributed by atoms with E-state index in [0.29, 0.717) is 16.0 Å². The highest BCUT2D eigenvalue weighted by Gasteiger charge is 2.27. The number of hydrogen-bond acceptors (Lipinski definition) is 4. The molecule has 1 aromatic heterocycles. The van der Waals surface area contributed by atoms with E-state index in [-0.39, 0.29) is 13.2 Å². The number of nitrogens with zero attached hydrogens (tertiary/aromatic N) is 1. The van der Waals surface area contributed by atoms with Crippen LogP contribution in [0.3, 0.4) is 0 Å². The summed E-state index contributed by atoms with van der Waals surface area (Å²) in [5, 5.41) is 2.82. The average Bonchev–Trinajstić information content (AvgIpc) is 2.18. The molecule has 0 fully saturated rings. The summed E-state index contributed by atoms with van der Waals surface area (Å²) in [6.07, 6.45) is -2.84. The van der Waals surface area contributed by atoms with E-state index in [0.717, 1.165) is 0 Å². The van der Waals surface area contributed by atoms with Gasteiger partial charge in [-0.3, -0.25) is 0 Å². The molecule has 1 heterocycles. The molecule has 0 amide bonds. The van der Waals surface area contributed by atoms with Gasteiger partial charge in [-0.2, -0.15) is 13.2 Å². The molecule has 17 heavy (non-hydrogen) atoms. The lowest BCUT2D eigenvalue weighted by Gasteiger charge is -2.09. The first-order valence-corrected chi connectivity index (χ1v) is 5.47. The highest BCUT2D eigenvalue weighted by molar-refractivity contribution is 9.10. The SMILES string of the molecule is Nc1cnc(NCCOCC(F)(F)F)c(Br)c1. The number of aromatic nitrogens is 1. The lowest BCUT2D eigenvalue weighted by atomic mass is 10.4. The molecule has 0 unspecified atom stereocenters. The largest absolute Gasteiger partial charge is 0.411 e. The predicted octanol–water partition coefficient (Wildman–Crippen LogP) is 2.42. The maximum Gasteiger partial charge on any atom is 0.411 e. The Morgan fingerprint density at radius 1 is 1.47 bits per heavy atom. The molecule has 0 radical (unpaired) electrons. The van der Waals surface area contributed by atoms with Crippen LogP contribution in [0.15, 0.2) is 16.7 Å². The lowest BCUT2D eigenvalue weighted by molar-refractivity contribution is -0.172. The Morgan fingerprint density at radius 2 is 2.18 bits per heavy atom. The van der Waals surface area contributed by atoms with Crippen molar-refractivity contribution in [3.05, 3.63) is 16.7 Å². The molecule has 0 aromatic carbocycles. The van der Waals surface area contributed by atoms with E-state index in [9.17, 15) is 13.2 Å². The van der Waals surface area contributed by atoms with E-state index < -0.39 is 12.8 Å². The second kappa shape index (κ2) is 6.06. The van der Waals surface area contributed by atoms with Gasteiger partial charge in [0.15, 0.2) is 0 Å². The molecular formula is C9H11BrF3N3O. The normalized spacial score (nSPS) is 11.5. The molecule has 0 aliphatic carbocycles. The summed E-state index contributed by atoms with van der Waals surface area (Å²) in [5.74, 6) is 0.509. The average molecular weight is 314 g/mol. The van der Waals surface area contributed by atoms with E-state index in [2.05, 4.69) is 31.0 Å². The van der Waals surface area contributed by atoms with Gasteiger partial charge in [-0.1, -0.05) is 0 Å². The van der Waals surface area contributed by atoms with E-state index in [1.54, 1.807) is 6.07 Å². The number of nitrogens with one attached hydrogen (secondary N) is 1. The molecule has 1 aromatic rings. The maximum atomic E-state index is 11.7. The number of halogens is 4. The van der Waals surface area contributed by atoms with Crippen LogP contribution in [0.2, 0.25) is 0 Å². The van der Waals surface area contributed by atoms with Gasteiger partial charge in [0.05, 0.1) is 23.0 Å². The Morgan fingerprint density at radius 3 is 2.76 bits per heavy atom. The van der Waals surface area contributed by atoms with Crippen LogP contribution in [-0.2, 0) is 4.74 Å². The van der Waals surface area contributed by atoms with Crippen molar-refractivity contribution in [3.63, 3.8) is 0 Å². The fourth-order valence-electron chi connectivity index (χ4n) is 1.01. The smallest absolute Gasteiger partial charge is 0.397 e. The predicted molar refractivity (Wildman–Crippen MR) is 61.7 cm³/mol. The number of rotatable bonds is 5. The molecule has 8 heteroatoms. The number of nitrogens with two attached hydrogens (primary N) is 1. The fraction of sp³-hybridized carbons (Fsp3) is 0.444. The quantitative estimate of drug-likeness (QED) is 0.820. The number of hydrogen-bond donors (Lipinski definition) is 2. The Hall–Kier alpha value is -1.02. The molecule has 0 atom stereocenters. The van der Waals surface area contributed by atoms with Crippen LogP contribution in [0.25, 0.3) is 0 Å². The highest BCUT2D eigenvalue weighted by atomic mass is 79.9. The molecule has 96 valence electrons. The highest BCUT2D eigenvalue weighted by Crippen LogP contribution is 2.21. The van der Waals surface area contributed by atoms with Gasteiger partial charge in [0.1, 0.15) is 12.4 Å². The van der Waals surface area contributed by atoms with Crippen molar-refractivity contribution in [3.8, 4) is 0 Å². The van der Waals surface area contributed by atoms with Crippen LogP contribution in [-0.4, -0.2) is 30.9 Å². The van der Waals surface area contributed by atoms with Gasteiger partial charge in [-0.25, -0.2) is 4.98 Å². The summed E-state index contributed by atoms with van der Waals surface area (Å²) in [5.41, 5.74) is 5.98. The zero-order chi connectivity index (χ0) is 12.9. The fourth-order valence-corrected chi connectivity index (χ4v) is 1.52. The lowest BCUT2D eigenvalue weighted by Crippen LogP contribution is -2.20. The Balaban J connectivity index is 2.27. The minimum atomic E-state index is -4.29. The van der Waals surface area contributed by atoms with Gasteiger partial charge >= 0.3 is 6.18 Å². The zero-order valence-corrected chi connectivity index (χ0v) is 10.3. The maximum absolute atomic E-state index is 11.7. The van der Waals surface area contributed by atoms with Crippen LogP contribution in [0.1, 0.15) is 0 Å². The second-order valence-electron chi connectivity index (χ2n) is 3.19. The third-order valence-electron chi connectivity index (χ3n) is 1.67. The van der Waals surface area contributed by atoms with Gasteiger partial charge in [0, 0.05) is 6.54 Å². The van der Waals surface area contributed by atoms with Crippen LogP contribution < -0.4 is 11.1 Å². The molecule has 0 bridgehead atoms. The summed E-state index contributed by atoms with van der Waals surface area (Å²) in [4.78, 5) is 3.96. The summed E-state index contributed by atoms with van der Waals surface area (Å²) in [7, 11) is 0. The molecule has 1 rings (SSSR count). The van der Waals surface area contributed by atoms with Crippen molar-refractivity contribution in [2.45, 2.75) is 6.18 Å². The van der Waals surface area contributed by atoms with E-state index >= 15 is 0 Å². The van der Waals surface area contributed by atoms with Gasteiger partial charge in [0.2, 0.25) is 0 Å². The Bertz CT molecular complexity index is 373. The van der Waals surface area contributed by atoms with Crippen molar-refractivity contribution < 1.29 is 17.9 Å². The second-order valence-corrected chi connectivity index (χ2v) is 4.05. The summed E-state index contributed by atoms with van der Waals surface area (Å²) < 4.78 is 40.3. The number of anilines is 2. The Labute approximate surface area is 104 Å². The first-order chi connectivity index (χ1) is 7.88. The molecular weight excluding hydrogens is 303 g/mol. The number of nitrogen functional groups attached to an aromatic ring is 1. The summed E-state index contributed by atoms with van der Waals surface area (Å²) in [6.45, 7) is -1.07. The van der Waals surface area contributed by atoms with Gasteiger partial charge in [-0.15, -0.1) is 0 Å². The third kappa shape index (κ3) is 5.73. The van der Waals surface area contributed by atoms with Crippen molar-refractivity contribution in [1.29, 1.82) is 0 Å². The third-order valence-corrected chi connectivity index (χ3v) is 2.27. The molecule has 4 nitrogen and oxygen atoms in total. The first kappa shape index (κ1) is 14.0. The van der Waals surface area contributed by atoms with E-state index in [1.165, 1.54) is 6.20 Å². The van der Waals surface area contributed by atoms with Crippen molar-refractivity contribution in [2.75, 3.05) is 30.8 Å². The van der Waals surface area contributed by atoms with Crippen LogP contribution in [0, 0.1) is 0 Å². The molecule has 3 N–H and O–H groups in total. The van der Waals surface area contributed by atoms with Crippen molar-refractivity contribution in [2.24, 2.45) is 0 Å². The number of ether oxygens (including phenoxy) is 1. The Kier molecular flexibility index (Phi) is 5.01. The van der Waals surface area contributed by atoms with E-state index in [4.69, 9.17) is 5.73 Å². The minimum absolute atomic E-state index is 0.0575. The summed E-state index contributed by atoms with van der Waals surface area (Å²) >= 11 is 3.22. The van der Waals surface area contributed by atoms with Crippen LogP contribution >= 0.6 is 15.9 Å². The zero-order valence-electron chi connectivity index (χ0n) is 8.72. The molecule has 0 aliphatic heterocycles. The van der Waals surface area contributed by atoms with Gasteiger partial charge < -0.3 is 15.8 Å².